The molecule has 0 spiro atoms. The van der Waals surface area contributed by atoms with Crippen LogP contribution >= 0.6 is 11.8 Å². The zero-order valence-electron chi connectivity index (χ0n) is 13.8. The summed E-state index contributed by atoms with van der Waals surface area (Å²) in [6, 6.07) is 19.0. The van der Waals surface area contributed by atoms with Crippen molar-refractivity contribution in [1.29, 1.82) is 0 Å². The van der Waals surface area contributed by atoms with Gasteiger partial charge in [0.1, 0.15) is 18.5 Å². The van der Waals surface area contributed by atoms with E-state index in [4.69, 9.17) is 4.74 Å². The van der Waals surface area contributed by atoms with Gasteiger partial charge in [-0.15, -0.1) is 0 Å². The molecule has 0 N–H and O–H groups in total. The molecule has 0 saturated carbocycles. The summed E-state index contributed by atoms with van der Waals surface area (Å²) in [4.78, 5) is 0. The number of aryl methyl sites for hydroxylation is 1. The topological polar surface area (TPSA) is 18.0 Å². The van der Waals surface area contributed by atoms with Gasteiger partial charge in [0.25, 0.3) is 0 Å². The molecule has 1 aliphatic rings. The first-order valence-electron chi connectivity index (χ1n) is 8.29. The maximum atomic E-state index is 5.30. The minimum Gasteiger partial charge on any atom is -0.497 e. The lowest BCUT2D eigenvalue weighted by molar-refractivity contribution is -0.734. The zero-order chi connectivity index (χ0) is 16.4. The van der Waals surface area contributed by atoms with Crippen molar-refractivity contribution < 1.29 is 9.30 Å². The molecular formula is C20H21N2OS+. The Morgan fingerprint density at radius 2 is 1.88 bits per heavy atom. The monoisotopic (exact) mass is 337 g/mol. The number of ether oxygens (including phenoxy) is 1. The van der Waals surface area contributed by atoms with Crippen LogP contribution in [0.5, 0.6) is 5.75 Å². The summed E-state index contributed by atoms with van der Waals surface area (Å²) >= 11 is 1.96. The second-order valence-electron chi connectivity index (χ2n) is 5.99. The molecule has 0 unspecified atom stereocenters. The Morgan fingerprint density at radius 3 is 2.62 bits per heavy atom. The van der Waals surface area contributed by atoms with Gasteiger partial charge in [0, 0.05) is 11.3 Å². The van der Waals surface area contributed by atoms with Gasteiger partial charge in [0.15, 0.2) is 5.69 Å². The SMILES string of the molecule is COc1ccc(-c2c[n+]3c(n2Cc2ccccc2)SCCC3)cc1. The number of methoxy groups -OCH3 is 1. The fourth-order valence-corrected chi connectivity index (χ4v) is 4.25. The van der Waals surface area contributed by atoms with Crippen LogP contribution in [0, 0.1) is 0 Å². The van der Waals surface area contributed by atoms with Crippen molar-refractivity contribution in [3.8, 4) is 17.0 Å². The molecule has 2 aromatic carbocycles. The zero-order valence-corrected chi connectivity index (χ0v) is 14.6. The number of aromatic nitrogens is 2. The molecule has 0 bridgehead atoms. The lowest BCUT2D eigenvalue weighted by Crippen LogP contribution is -2.37. The minimum atomic E-state index is 0.895. The molecule has 4 rings (SSSR count). The van der Waals surface area contributed by atoms with E-state index < -0.39 is 0 Å². The predicted octanol–water partition coefficient (Wildman–Crippen LogP) is 4.00. The molecule has 122 valence electrons. The van der Waals surface area contributed by atoms with Crippen LogP contribution in [0.3, 0.4) is 0 Å². The van der Waals surface area contributed by atoms with Gasteiger partial charge >= 0.3 is 5.16 Å². The number of rotatable bonds is 4. The van der Waals surface area contributed by atoms with Gasteiger partial charge in [0.2, 0.25) is 0 Å². The number of nitrogens with zero attached hydrogens (tertiary/aromatic N) is 2. The van der Waals surface area contributed by atoms with E-state index in [-0.39, 0.29) is 0 Å². The second kappa shape index (κ2) is 6.73. The third-order valence-electron chi connectivity index (χ3n) is 4.39. The van der Waals surface area contributed by atoms with Crippen molar-refractivity contribution in [2.75, 3.05) is 12.9 Å². The fourth-order valence-electron chi connectivity index (χ4n) is 3.16. The van der Waals surface area contributed by atoms with Crippen molar-refractivity contribution in [2.45, 2.75) is 24.7 Å². The van der Waals surface area contributed by atoms with Gasteiger partial charge in [-0.1, -0.05) is 30.3 Å². The second-order valence-corrected chi connectivity index (χ2v) is 7.05. The molecule has 0 radical (unpaired) electrons. The Morgan fingerprint density at radius 1 is 1.08 bits per heavy atom. The smallest absolute Gasteiger partial charge is 0.318 e. The highest BCUT2D eigenvalue weighted by Gasteiger charge is 2.27. The van der Waals surface area contributed by atoms with Gasteiger partial charge in [0.05, 0.1) is 13.7 Å². The maximum Gasteiger partial charge on any atom is 0.318 e. The van der Waals surface area contributed by atoms with Gasteiger partial charge in [-0.2, -0.15) is 0 Å². The summed E-state index contributed by atoms with van der Waals surface area (Å²) in [5, 5.41) is 1.36. The molecule has 0 fully saturated rings. The first-order chi connectivity index (χ1) is 11.8. The molecule has 0 saturated heterocycles. The first-order valence-corrected chi connectivity index (χ1v) is 9.28. The van der Waals surface area contributed by atoms with Crippen LogP contribution in [-0.2, 0) is 13.1 Å². The van der Waals surface area contributed by atoms with Crippen LogP contribution in [0.25, 0.3) is 11.3 Å². The van der Waals surface area contributed by atoms with Crippen LogP contribution in [0.15, 0.2) is 66.0 Å². The van der Waals surface area contributed by atoms with E-state index in [0.717, 1.165) is 18.8 Å². The van der Waals surface area contributed by atoms with Gasteiger partial charge < -0.3 is 4.74 Å². The standard InChI is InChI=1S/C20H21N2OS/c1-23-18-10-8-17(9-11-18)19-15-21-12-5-13-24-20(21)22(19)14-16-6-3-2-4-7-16/h2-4,6-11,15H,5,12-14H2,1H3/q+1. The number of fused-ring (bicyclic) bond motifs is 1. The highest BCUT2D eigenvalue weighted by molar-refractivity contribution is 7.99. The molecule has 2 heterocycles. The molecule has 0 atom stereocenters. The first kappa shape index (κ1) is 15.3. The number of thioether (sulfide) groups is 1. The van der Waals surface area contributed by atoms with Crippen LogP contribution < -0.4 is 9.30 Å². The van der Waals surface area contributed by atoms with Crippen molar-refractivity contribution in [3.05, 3.63) is 66.4 Å². The normalized spacial score (nSPS) is 13.5. The summed E-state index contributed by atoms with van der Waals surface area (Å²) in [7, 11) is 1.71. The van der Waals surface area contributed by atoms with E-state index in [1.165, 1.54) is 34.2 Å². The van der Waals surface area contributed by atoms with Crippen LogP contribution in [0.4, 0.5) is 0 Å². The quantitative estimate of drug-likeness (QED) is 0.670. The van der Waals surface area contributed by atoms with E-state index >= 15 is 0 Å². The van der Waals surface area contributed by atoms with Crippen LogP contribution in [-0.4, -0.2) is 17.4 Å². The Labute approximate surface area is 146 Å². The highest BCUT2D eigenvalue weighted by Crippen LogP contribution is 2.29. The van der Waals surface area contributed by atoms with Gasteiger partial charge in [-0.05, 0) is 48.0 Å². The molecule has 1 aromatic heterocycles. The average Bonchev–Trinajstić information content (AvgIpc) is 3.01. The van der Waals surface area contributed by atoms with Crippen molar-refractivity contribution >= 4 is 11.8 Å². The van der Waals surface area contributed by atoms with E-state index in [9.17, 15) is 0 Å². The van der Waals surface area contributed by atoms with Crippen molar-refractivity contribution in [3.63, 3.8) is 0 Å². The molecule has 3 nitrogen and oxygen atoms in total. The van der Waals surface area contributed by atoms with Gasteiger partial charge in [-0.25, -0.2) is 9.13 Å². The number of hydrogen-bond donors (Lipinski definition) is 0. The molecular weight excluding hydrogens is 316 g/mol. The van der Waals surface area contributed by atoms with Crippen LogP contribution in [0.2, 0.25) is 0 Å². The summed E-state index contributed by atoms with van der Waals surface area (Å²) in [6.45, 7) is 2.00. The Hall–Kier alpha value is -2.20. The Bertz CT molecular complexity index is 825. The highest BCUT2D eigenvalue weighted by atomic mass is 32.2. The Balaban J connectivity index is 1.78. The summed E-state index contributed by atoms with van der Waals surface area (Å²) in [5.74, 6) is 2.09. The van der Waals surface area contributed by atoms with Crippen molar-refractivity contribution in [1.82, 2.24) is 4.57 Å². The Kier molecular flexibility index (Phi) is 4.30. The molecule has 4 heteroatoms. The van der Waals surface area contributed by atoms with E-state index in [1.807, 2.05) is 23.9 Å². The molecule has 1 aliphatic heterocycles. The molecule has 24 heavy (non-hydrogen) atoms. The average molecular weight is 337 g/mol. The van der Waals surface area contributed by atoms with E-state index in [2.05, 4.69) is 57.8 Å². The number of benzene rings is 2. The summed E-state index contributed by atoms with van der Waals surface area (Å²) in [5.41, 5.74) is 3.83. The number of imidazole rings is 1. The third-order valence-corrected chi connectivity index (χ3v) is 5.60. The van der Waals surface area contributed by atoms with Gasteiger partial charge in [-0.3, -0.25) is 0 Å². The van der Waals surface area contributed by atoms with Crippen molar-refractivity contribution in [2.24, 2.45) is 0 Å². The van der Waals surface area contributed by atoms with Crippen LogP contribution in [0.1, 0.15) is 12.0 Å². The maximum absolute atomic E-state index is 5.30. The molecule has 3 aromatic rings. The van der Waals surface area contributed by atoms with E-state index in [0.29, 0.717) is 0 Å². The largest absolute Gasteiger partial charge is 0.497 e. The lowest BCUT2D eigenvalue weighted by atomic mass is 10.1. The predicted molar refractivity (Wildman–Crippen MR) is 97.5 cm³/mol. The minimum absolute atomic E-state index is 0.895. The summed E-state index contributed by atoms with van der Waals surface area (Å²) < 4.78 is 10.1. The third kappa shape index (κ3) is 2.94. The molecule has 0 amide bonds. The van der Waals surface area contributed by atoms with E-state index in [1.54, 1.807) is 7.11 Å². The molecule has 0 aliphatic carbocycles. The lowest BCUT2D eigenvalue weighted by Gasteiger charge is -2.10. The number of hydrogen-bond acceptors (Lipinski definition) is 2. The fraction of sp³-hybridized carbons (Fsp3) is 0.250. The summed E-state index contributed by atoms with van der Waals surface area (Å²) in [6.07, 6.45) is 3.53.